The summed E-state index contributed by atoms with van der Waals surface area (Å²) in [5.41, 5.74) is 1.01. The van der Waals surface area contributed by atoms with E-state index >= 15 is 0 Å². The molecule has 2 N–H and O–H groups in total. The molecule has 0 aliphatic heterocycles. The molecule has 0 spiro atoms. The van der Waals surface area contributed by atoms with Crippen molar-refractivity contribution in [2.24, 2.45) is 0 Å². The molecular formula is C11H19N3O2. The van der Waals surface area contributed by atoms with E-state index in [2.05, 4.69) is 15.6 Å². The second-order valence-corrected chi connectivity index (χ2v) is 3.26. The lowest BCUT2D eigenvalue weighted by Gasteiger charge is -2.08. The van der Waals surface area contributed by atoms with Gasteiger partial charge in [0.15, 0.2) is 0 Å². The summed E-state index contributed by atoms with van der Waals surface area (Å²) in [5.74, 6) is 0.623. The van der Waals surface area contributed by atoms with E-state index in [4.69, 9.17) is 9.47 Å². The maximum absolute atomic E-state index is 5.03. The fourth-order valence-electron chi connectivity index (χ4n) is 1.23. The third kappa shape index (κ3) is 4.95. The van der Waals surface area contributed by atoms with Crippen molar-refractivity contribution >= 4 is 5.69 Å². The molecule has 0 atom stereocenters. The fourth-order valence-corrected chi connectivity index (χ4v) is 1.23. The lowest BCUT2D eigenvalue weighted by molar-refractivity contribution is 0.200. The van der Waals surface area contributed by atoms with Gasteiger partial charge in [-0.1, -0.05) is 0 Å². The lowest BCUT2D eigenvalue weighted by atomic mass is 10.4. The number of nitrogens with one attached hydrogen (secondary N) is 2. The van der Waals surface area contributed by atoms with Gasteiger partial charge in [-0.3, -0.25) is 0 Å². The summed E-state index contributed by atoms with van der Waals surface area (Å²) in [5, 5.41) is 6.52. The molecule has 16 heavy (non-hydrogen) atoms. The van der Waals surface area contributed by atoms with Crippen LogP contribution >= 0.6 is 0 Å². The van der Waals surface area contributed by atoms with Gasteiger partial charge in [0, 0.05) is 44.7 Å². The highest BCUT2D eigenvalue weighted by atomic mass is 16.5. The van der Waals surface area contributed by atoms with Crippen LogP contribution in [0.4, 0.5) is 5.69 Å². The second kappa shape index (κ2) is 7.90. The Morgan fingerprint density at radius 1 is 1.25 bits per heavy atom. The molecule has 90 valence electrons. The molecule has 0 bridgehead atoms. The average Bonchev–Trinajstić information content (AvgIpc) is 2.34. The number of nitrogens with zero attached hydrogens (tertiary/aromatic N) is 1. The van der Waals surface area contributed by atoms with Crippen LogP contribution in [0.2, 0.25) is 0 Å². The van der Waals surface area contributed by atoms with Gasteiger partial charge in [0.1, 0.15) is 0 Å². The van der Waals surface area contributed by atoms with E-state index in [0.717, 1.165) is 31.9 Å². The molecule has 1 rings (SSSR count). The van der Waals surface area contributed by atoms with E-state index in [-0.39, 0.29) is 0 Å². The lowest BCUT2D eigenvalue weighted by Crippen LogP contribution is -2.25. The maximum atomic E-state index is 5.03. The number of methoxy groups -OCH3 is 2. The number of hydrogen-bond acceptors (Lipinski definition) is 5. The van der Waals surface area contributed by atoms with E-state index in [9.17, 15) is 0 Å². The largest absolute Gasteiger partial charge is 0.481 e. The van der Waals surface area contributed by atoms with Gasteiger partial charge in [-0.25, -0.2) is 4.98 Å². The highest BCUT2D eigenvalue weighted by Gasteiger charge is 1.95. The Balaban J connectivity index is 2.16. The van der Waals surface area contributed by atoms with Gasteiger partial charge >= 0.3 is 0 Å². The Kier molecular flexibility index (Phi) is 6.29. The number of aromatic nitrogens is 1. The highest BCUT2D eigenvalue weighted by Crippen LogP contribution is 2.12. The summed E-state index contributed by atoms with van der Waals surface area (Å²) in [6.07, 6.45) is 1.72. The molecule has 5 nitrogen and oxygen atoms in total. The first-order chi connectivity index (χ1) is 7.86. The molecule has 0 amide bonds. The van der Waals surface area contributed by atoms with Crippen LogP contribution in [0.5, 0.6) is 5.88 Å². The maximum Gasteiger partial charge on any atom is 0.214 e. The first-order valence-electron chi connectivity index (χ1n) is 5.30. The van der Waals surface area contributed by atoms with Crippen LogP contribution < -0.4 is 15.4 Å². The molecule has 0 aromatic carbocycles. The van der Waals surface area contributed by atoms with Crippen molar-refractivity contribution < 1.29 is 9.47 Å². The van der Waals surface area contributed by atoms with Crippen molar-refractivity contribution in [2.75, 3.05) is 45.8 Å². The number of anilines is 1. The average molecular weight is 225 g/mol. The van der Waals surface area contributed by atoms with Crippen LogP contribution in [-0.2, 0) is 4.74 Å². The van der Waals surface area contributed by atoms with E-state index in [1.54, 1.807) is 20.4 Å². The third-order valence-electron chi connectivity index (χ3n) is 2.06. The van der Waals surface area contributed by atoms with Crippen molar-refractivity contribution in [1.82, 2.24) is 10.3 Å². The van der Waals surface area contributed by atoms with Crippen LogP contribution in [0.15, 0.2) is 18.3 Å². The summed E-state index contributed by atoms with van der Waals surface area (Å²) in [4.78, 5) is 4.03. The smallest absolute Gasteiger partial charge is 0.214 e. The summed E-state index contributed by atoms with van der Waals surface area (Å²) < 4.78 is 9.96. The second-order valence-electron chi connectivity index (χ2n) is 3.26. The molecule has 1 aromatic rings. The van der Waals surface area contributed by atoms with Crippen molar-refractivity contribution in [3.8, 4) is 5.88 Å². The van der Waals surface area contributed by atoms with Crippen molar-refractivity contribution in [3.05, 3.63) is 18.3 Å². The van der Waals surface area contributed by atoms with E-state index in [0.29, 0.717) is 5.88 Å². The van der Waals surface area contributed by atoms with Gasteiger partial charge in [0.2, 0.25) is 5.88 Å². The van der Waals surface area contributed by atoms with Crippen LogP contribution in [0.25, 0.3) is 0 Å². The Morgan fingerprint density at radius 3 is 2.88 bits per heavy atom. The Morgan fingerprint density at radius 2 is 2.12 bits per heavy atom. The van der Waals surface area contributed by atoms with Gasteiger partial charge in [-0.05, 0) is 6.07 Å². The van der Waals surface area contributed by atoms with E-state index < -0.39 is 0 Å². The molecule has 1 aromatic heterocycles. The summed E-state index contributed by atoms with van der Waals surface area (Å²) in [6.45, 7) is 3.37. The number of pyridine rings is 1. The molecule has 0 fully saturated rings. The Labute approximate surface area is 96.2 Å². The molecule has 1 heterocycles. The fraction of sp³-hybridized carbons (Fsp3) is 0.545. The zero-order chi connectivity index (χ0) is 11.6. The number of hydrogen-bond donors (Lipinski definition) is 2. The molecule has 0 aliphatic carbocycles. The van der Waals surface area contributed by atoms with Crippen molar-refractivity contribution in [3.63, 3.8) is 0 Å². The van der Waals surface area contributed by atoms with Crippen LogP contribution in [0.1, 0.15) is 0 Å². The standard InChI is InChI=1S/C11H19N3O2/c1-15-8-7-12-5-6-13-10-3-4-14-11(9-10)16-2/h3-4,9,12H,5-8H2,1-2H3,(H,13,14). The quantitative estimate of drug-likeness (QED) is 0.639. The molecule has 0 saturated heterocycles. The first-order valence-corrected chi connectivity index (χ1v) is 5.30. The predicted octanol–water partition coefficient (Wildman–Crippen LogP) is 0.738. The summed E-state index contributed by atoms with van der Waals surface area (Å²) in [6, 6.07) is 3.78. The topological polar surface area (TPSA) is 55.4 Å². The molecule has 0 unspecified atom stereocenters. The zero-order valence-electron chi connectivity index (χ0n) is 9.82. The number of rotatable bonds is 8. The summed E-state index contributed by atoms with van der Waals surface area (Å²) >= 11 is 0. The van der Waals surface area contributed by atoms with E-state index in [1.807, 2.05) is 12.1 Å². The van der Waals surface area contributed by atoms with Gasteiger partial charge in [0.05, 0.1) is 13.7 Å². The molecular weight excluding hydrogens is 206 g/mol. The normalized spacial score (nSPS) is 10.1. The molecule has 0 saturated carbocycles. The number of ether oxygens (including phenoxy) is 2. The molecule has 5 heteroatoms. The minimum atomic E-state index is 0.623. The van der Waals surface area contributed by atoms with Gasteiger partial charge in [-0.2, -0.15) is 0 Å². The SMILES string of the molecule is COCCNCCNc1ccnc(OC)c1. The van der Waals surface area contributed by atoms with Crippen LogP contribution in [-0.4, -0.2) is 45.4 Å². The monoisotopic (exact) mass is 225 g/mol. The molecule has 0 radical (unpaired) electrons. The molecule has 0 aliphatic rings. The highest BCUT2D eigenvalue weighted by molar-refractivity contribution is 5.44. The minimum Gasteiger partial charge on any atom is -0.481 e. The summed E-state index contributed by atoms with van der Waals surface area (Å²) in [7, 11) is 3.31. The predicted molar refractivity (Wildman–Crippen MR) is 64.0 cm³/mol. The minimum absolute atomic E-state index is 0.623. The van der Waals surface area contributed by atoms with Gasteiger partial charge in [0.25, 0.3) is 0 Å². The van der Waals surface area contributed by atoms with Crippen molar-refractivity contribution in [1.29, 1.82) is 0 Å². The third-order valence-corrected chi connectivity index (χ3v) is 2.06. The zero-order valence-corrected chi connectivity index (χ0v) is 9.82. The Bertz CT molecular complexity index is 294. The first kappa shape index (κ1) is 12.7. The van der Waals surface area contributed by atoms with Gasteiger partial charge < -0.3 is 20.1 Å². The Hall–Kier alpha value is -1.33. The van der Waals surface area contributed by atoms with Crippen LogP contribution in [0.3, 0.4) is 0 Å². The van der Waals surface area contributed by atoms with Crippen LogP contribution in [0, 0.1) is 0 Å². The van der Waals surface area contributed by atoms with E-state index in [1.165, 1.54) is 0 Å². The van der Waals surface area contributed by atoms with Crippen molar-refractivity contribution in [2.45, 2.75) is 0 Å². The van der Waals surface area contributed by atoms with Gasteiger partial charge in [-0.15, -0.1) is 0 Å².